The van der Waals surface area contributed by atoms with Gasteiger partial charge in [0, 0.05) is 18.9 Å². The first-order valence-electron chi connectivity index (χ1n) is 5.71. The highest BCUT2D eigenvalue weighted by atomic mass is 19.1. The maximum atomic E-state index is 12.8. The van der Waals surface area contributed by atoms with E-state index in [2.05, 4.69) is 4.98 Å². The predicted octanol–water partition coefficient (Wildman–Crippen LogP) is 3.04. The van der Waals surface area contributed by atoms with Gasteiger partial charge in [-0.2, -0.15) is 0 Å². The molecule has 0 spiro atoms. The summed E-state index contributed by atoms with van der Waals surface area (Å²) in [4.78, 5) is 6.12. The van der Waals surface area contributed by atoms with Crippen molar-refractivity contribution >= 4 is 11.5 Å². The Morgan fingerprint density at radius 3 is 2.33 bits per heavy atom. The number of aliphatic hydroxyl groups excluding tert-OH is 1. The molecule has 0 aliphatic rings. The molecule has 1 aromatic heterocycles. The third-order valence-electron chi connectivity index (χ3n) is 2.81. The van der Waals surface area contributed by atoms with Crippen LogP contribution in [-0.4, -0.2) is 17.1 Å². The van der Waals surface area contributed by atoms with Crippen LogP contribution in [0.15, 0.2) is 42.6 Å². The van der Waals surface area contributed by atoms with Gasteiger partial charge < -0.3 is 10.0 Å². The maximum Gasteiger partial charge on any atom is 0.132 e. The Morgan fingerprint density at radius 1 is 1.17 bits per heavy atom. The first-order valence-corrected chi connectivity index (χ1v) is 5.71. The van der Waals surface area contributed by atoms with Gasteiger partial charge in [-0.05, 0) is 42.8 Å². The van der Waals surface area contributed by atoms with Crippen molar-refractivity contribution in [2.45, 2.75) is 13.0 Å². The summed E-state index contributed by atoms with van der Waals surface area (Å²) in [6.45, 7) is 1.69. The van der Waals surface area contributed by atoms with Crippen molar-refractivity contribution in [3.63, 3.8) is 0 Å². The summed E-state index contributed by atoms with van der Waals surface area (Å²) in [6, 6.07) is 9.86. The molecule has 1 atom stereocenters. The van der Waals surface area contributed by atoms with Gasteiger partial charge in [-0.15, -0.1) is 0 Å². The van der Waals surface area contributed by atoms with Crippen LogP contribution in [0.5, 0.6) is 0 Å². The largest absolute Gasteiger partial charge is 0.389 e. The first kappa shape index (κ1) is 12.5. The van der Waals surface area contributed by atoms with Gasteiger partial charge in [0.2, 0.25) is 0 Å². The number of anilines is 2. The van der Waals surface area contributed by atoms with Crippen molar-refractivity contribution in [1.29, 1.82) is 0 Å². The number of pyridine rings is 1. The fourth-order valence-electron chi connectivity index (χ4n) is 1.64. The molecule has 0 bridgehead atoms. The number of nitrogens with zero attached hydrogens (tertiary/aromatic N) is 2. The zero-order chi connectivity index (χ0) is 13.1. The SMILES string of the molecule is C[C@@H](O)c1ccc(N(C)c2ccc(F)cc2)nc1. The molecule has 1 aromatic carbocycles. The molecule has 3 nitrogen and oxygen atoms in total. The number of hydrogen-bond donors (Lipinski definition) is 1. The maximum absolute atomic E-state index is 12.8. The number of rotatable bonds is 3. The molecule has 0 aliphatic carbocycles. The molecular weight excluding hydrogens is 231 g/mol. The van der Waals surface area contributed by atoms with E-state index in [9.17, 15) is 9.50 Å². The highest BCUT2D eigenvalue weighted by molar-refractivity contribution is 5.58. The van der Waals surface area contributed by atoms with Crippen LogP contribution in [0, 0.1) is 5.82 Å². The smallest absolute Gasteiger partial charge is 0.132 e. The molecule has 0 radical (unpaired) electrons. The van der Waals surface area contributed by atoms with Crippen LogP contribution in [0.2, 0.25) is 0 Å². The number of halogens is 1. The number of aromatic nitrogens is 1. The summed E-state index contributed by atoms with van der Waals surface area (Å²) >= 11 is 0. The fraction of sp³-hybridized carbons (Fsp3) is 0.214. The Hall–Kier alpha value is -1.94. The van der Waals surface area contributed by atoms with E-state index in [1.54, 1.807) is 25.3 Å². The van der Waals surface area contributed by atoms with Crippen LogP contribution in [0.1, 0.15) is 18.6 Å². The molecule has 1 N–H and O–H groups in total. The molecule has 0 aliphatic heterocycles. The van der Waals surface area contributed by atoms with Crippen LogP contribution in [-0.2, 0) is 0 Å². The zero-order valence-electron chi connectivity index (χ0n) is 10.3. The van der Waals surface area contributed by atoms with E-state index in [1.807, 2.05) is 24.1 Å². The standard InChI is InChI=1S/C14H15FN2O/c1-10(18)11-3-8-14(16-9-11)17(2)13-6-4-12(15)5-7-13/h3-10,18H,1-2H3/t10-/m1/s1. The summed E-state index contributed by atoms with van der Waals surface area (Å²) in [5, 5.41) is 9.41. The van der Waals surface area contributed by atoms with E-state index in [0.29, 0.717) is 0 Å². The van der Waals surface area contributed by atoms with Crippen LogP contribution < -0.4 is 4.90 Å². The predicted molar refractivity (Wildman–Crippen MR) is 69.3 cm³/mol. The average Bonchev–Trinajstić information content (AvgIpc) is 2.39. The Morgan fingerprint density at radius 2 is 1.83 bits per heavy atom. The molecule has 2 aromatic rings. The minimum atomic E-state index is -0.525. The van der Waals surface area contributed by atoms with Crippen molar-refractivity contribution in [2.24, 2.45) is 0 Å². The molecular formula is C14H15FN2O. The van der Waals surface area contributed by atoms with Gasteiger partial charge in [0.15, 0.2) is 0 Å². The number of aliphatic hydroxyl groups is 1. The lowest BCUT2D eigenvalue weighted by Crippen LogP contribution is -2.11. The molecule has 0 amide bonds. The van der Waals surface area contributed by atoms with Crippen molar-refractivity contribution in [3.05, 3.63) is 54.0 Å². The average molecular weight is 246 g/mol. The minimum absolute atomic E-state index is 0.260. The lowest BCUT2D eigenvalue weighted by atomic mass is 10.2. The molecule has 0 saturated carbocycles. The topological polar surface area (TPSA) is 36.4 Å². The molecule has 4 heteroatoms. The second kappa shape index (κ2) is 5.14. The molecule has 1 heterocycles. The van der Waals surface area contributed by atoms with Crippen molar-refractivity contribution < 1.29 is 9.50 Å². The second-order valence-corrected chi connectivity index (χ2v) is 4.16. The Bertz CT molecular complexity index is 508. The lowest BCUT2D eigenvalue weighted by Gasteiger charge is -2.18. The van der Waals surface area contributed by atoms with Gasteiger partial charge >= 0.3 is 0 Å². The number of benzene rings is 1. The van der Waals surface area contributed by atoms with Gasteiger partial charge in [0.1, 0.15) is 11.6 Å². The normalized spacial score (nSPS) is 12.2. The van der Waals surface area contributed by atoms with Gasteiger partial charge in [0.25, 0.3) is 0 Å². The lowest BCUT2D eigenvalue weighted by molar-refractivity contribution is 0.199. The van der Waals surface area contributed by atoms with Gasteiger partial charge in [0.05, 0.1) is 6.10 Å². The van der Waals surface area contributed by atoms with Crippen LogP contribution in [0.25, 0.3) is 0 Å². The first-order chi connectivity index (χ1) is 8.58. The molecule has 0 saturated heterocycles. The van der Waals surface area contributed by atoms with Crippen molar-refractivity contribution in [3.8, 4) is 0 Å². The highest BCUT2D eigenvalue weighted by Gasteiger charge is 2.07. The van der Waals surface area contributed by atoms with Gasteiger partial charge in [-0.1, -0.05) is 6.07 Å². The van der Waals surface area contributed by atoms with E-state index in [1.165, 1.54) is 12.1 Å². The quantitative estimate of drug-likeness (QED) is 0.904. The summed E-state index contributed by atoms with van der Waals surface area (Å²) < 4.78 is 12.8. The fourth-order valence-corrected chi connectivity index (χ4v) is 1.64. The molecule has 0 unspecified atom stereocenters. The van der Waals surface area contributed by atoms with E-state index in [4.69, 9.17) is 0 Å². The molecule has 2 rings (SSSR count). The zero-order valence-corrected chi connectivity index (χ0v) is 10.3. The monoisotopic (exact) mass is 246 g/mol. The number of hydrogen-bond acceptors (Lipinski definition) is 3. The van der Waals surface area contributed by atoms with E-state index >= 15 is 0 Å². The van der Waals surface area contributed by atoms with E-state index in [0.717, 1.165) is 17.1 Å². The van der Waals surface area contributed by atoms with Crippen LogP contribution >= 0.6 is 0 Å². The van der Waals surface area contributed by atoms with Crippen LogP contribution in [0.4, 0.5) is 15.9 Å². The van der Waals surface area contributed by atoms with Crippen LogP contribution in [0.3, 0.4) is 0 Å². The Kier molecular flexibility index (Phi) is 3.58. The second-order valence-electron chi connectivity index (χ2n) is 4.16. The summed E-state index contributed by atoms with van der Waals surface area (Å²) in [7, 11) is 1.86. The van der Waals surface area contributed by atoms with Crippen molar-refractivity contribution in [1.82, 2.24) is 4.98 Å². The minimum Gasteiger partial charge on any atom is -0.389 e. The van der Waals surface area contributed by atoms with Gasteiger partial charge in [-0.25, -0.2) is 9.37 Å². The van der Waals surface area contributed by atoms with Gasteiger partial charge in [-0.3, -0.25) is 0 Å². The van der Waals surface area contributed by atoms with Crippen molar-refractivity contribution in [2.75, 3.05) is 11.9 Å². The third kappa shape index (κ3) is 2.65. The molecule has 94 valence electrons. The third-order valence-corrected chi connectivity index (χ3v) is 2.81. The molecule has 18 heavy (non-hydrogen) atoms. The molecule has 0 fully saturated rings. The van der Waals surface area contributed by atoms with E-state index in [-0.39, 0.29) is 5.82 Å². The Balaban J connectivity index is 2.23. The summed E-state index contributed by atoms with van der Waals surface area (Å²) in [5.41, 5.74) is 1.62. The van der Waals surface area contributed by atoms with E-state index < -0.39 is 6.10 Å². The Labute approximate surface area is 106 Å². The summed E-state index contributed by atoms with van der Waals surface area (Å²) in [6.07, 6.45) is 1.11. The summed E-state index contributed by atoms with van der Waals surface area (Å²) in [5.74, 6) is 0.482. The highest BCUT2D eigenvalue weighted by Crippen LogP contribution is 2.22.